The highest BCUT2D eigenvalue weighted by molar-refractivity contribution is 6.39. The number of carbonyl (C=O) groups excluding carboxylic acids is 3. The Kier molecular flexibility index (Phi) is 7.54. The number of aryl methyl sites for hydroxylation is 1. The van der Waals surface area contributed by atoms with Gasteiger partial charge in [-0.3, -0.25) is 9.59 Å². The van der Waals surface area contributed by atoms with Crippen LogP contribution in [0.5, 0.6) is 11.5 Å². The molecule has 8 heteroatoms. The number of anilines is 1. The summed E-state index contributed by atoms with van der Waals surface area (Å²) < 4.78 is 10.7. The number of esters is 1. The summed E-state index contributed by atoms with van der Waals surface area (Å²) in [5, 5.41) is 6.46. The molecule has 0 heterocycles. The SMILES string of the molecule is COc1ccccc1NC(=O)C(=O)NN=C(C)c1ccccc1OC(=O)c1ccc(C)cc1. The normalized spacial score (nSPS) is 10.8. The fourth-order valence-electron chi connectivity index (χ4n) is 2.88. The Hall–Kier alpha value is -4.46. The van der Waals surface area contributed by atoms with E-state index in [-0.39, 0.29) is 5.75 Å². The van der Waals surface area contributed by atoms with E-state index in [0.29, 0.717) is 28.3 Å². The standard InChI is InChI=1S/C25H23N3O5/c1-16-12-14-18(15-13-16)25(31)33-21-10-6-4-8-19(21)17(2)27-28-24(30)23(29)26-20-9-5-7-11-22(20)32-3/h4-15H,1-3H3,(H,26,29)(H,28,30). The molecule has 168 valence electrons. The maximum Gasteiger partial charge on any atom is 0.343 e. The van der Waals surface area contributed by atoms with E-state index >= 15 is 0 Å². The van der Waals surface area contributed by atoms with Crippen molar-refractivity contribution in [1.82, 2.24) is 5.43 Å². The first-order valence-electron chi connectivity index (χ1n) is 10.1. The summed E-state index contributed by atoms with van der Waals surface area (Å²) in [4.78, 5) is 36.9. The zero-order valence-corrected chi connectivity index (χ0v) is 18.4. The highest BCUT2D eigenvalue weighted by atomic mass is 16.5. The van der Waals surface area contributed by atoms with Crippen molar-refractivity contribution < 1.29 is 23.9 Å². The van der Waals surface area contributed by atoms with Gasteiger partial charge in [0.2, 0.25) is 0 Å². The molecule has 0 aliphatic heterocycles. The third-order valence-corrected chi connectivity index (χ3v) is 4.65. The van der Waals surface area contributed by atoms with Crippen molar-refractivity contribution >= 4 is 29.2 Å². The van der Waals surface area contributed by atoms with Crippen LogP contribution in [-0.2, 0) is 9.59 Å². The van der Waals surface area contributed by atoms with Crippen LogP contribution in [0.3, 0.4) is 0 Å². The molecule has 0 saturated heterocycles. The van der Waals surface area contributed by atoms with Crippen LogP contribution < -0.4 is 20.2 Å². The summed E-state index contributed by atoms with van der Waals surface area (Å²) in [5.74, 6) is -1.69. The van der Waals surface area contributed by atoms with Gasteiger partial charge < -0.3 is 14.8 Å². The average Bonchev–Trinajstić information content (AvgIpc) is 2.83. The van der Waals surface area contributed by atoms with Crippen LogP contribution in [0.4, 0.5) is 5.69 Å². The summed E-state index contributed by atoms with van der Waals surface area (Å²) in [6.45, 7) is 3.55. The van der Waals surface area contributed by atoms with Crippen LogP contribution in [0.1, 0.15) is 28.4 Å². The fourth-order valence-corrected chi connectivity index (χ4v) is 2.88. The number of amides is 2. The van der Waals surface area contributed by atoms with Gasteiger partial charge in [-0.05, 0) is 50.2 Å². The maximum atomic E-state index is 12.5. The van der Waals surface area contributed by atoms with Crippen LogP contribution in [0.15, 0.2) is 77.9 Å². The van der Waals surface area contributed by atoms with Gasteiger partial charge in [0.05, 0.1) is 24.1 Å². The molecule has 0 saturated carbocycles. The molecule has 3 rings (SSSR count). The van der Waals surface area contributed by atoms with Crippen molar-refractivity contribution in [1.29, 1.82) is 0 Å². The first-order chi connectivity index (χ1) is 15.9. The van der Waals surface area contributed by atoms with Crippen molar-refractivity contribution in [2.24, 2.45) is 5.10 Å². The number of rotatable bonds is 6. The zero-order valence-electron chi connectivity index (χ0n) is 18.4. The highest BCUT2D eigenvalue weighted by Gasteiger charge is 2.17. The molecule has 0 bridgehead atoms. The summed E-state index contributed by atoms with van der Waals surface area (Å²) in [6.07, 6.45) is 0. The summed E-state index contributed by atoms with van der Waals surface area (Å²) in [7, 11) is 1.46. The van der Waals surface area contributed by atoms with Gasteiger partial charge in [0.25, 0.3) is 0 Å². The molecule has 3 aromatic carbocycles. The fraction of sp³-hybridized carbons (Fsp3) is 0.120. The van der Waals surface area contributed by atoms with Crippen molar-refractivity contribution in [2.45, 2.75) is 13.8 Å². The molecule has 0 aliphatic carbocycles. The lowest BCUT2D eigenvalue weighted by molar-refractivity contribution is -0.136. The maximum absolute atomic E-state index is 12.5. The van der Waals surface area contributed by atoms with Crippen LogP contribution in [0.25, 0.3) is 0 Å². The number of nitrogens with zero attached hydrogens (tertiary/aromatic N) is 1. The summed E-state index contributed by atoms with van der Waals surface area (Å²) in [6, 6.07) is 20.5. The molecule has 0 fully saturated rings. The minimum atomic E-state index is -0.964. The molecule has 2 N–H and O–H groups in total. The van der Waals surface area contributed by atoms with Crippen molar-refractivity contribution in [3.05, 3.63) is 89.5 Å². The van der Waals surface area contributed by atoms with E-state index in [9.17, 15) is 14.4 Å². The molecule has 8 nitrogen and oxygen atoms in total. The number of hydrogen-bond donors (Lipinski definition) is 2. The second kappa shape index (κ2) is 10.7. The number of nitrogens with one attached hydrogen (secondary N) is 2. The number of para-hydroxylation sites is 3. The van der Waals surface area contributed by atoms with Gasteiger partial charge in [0.15, 0.2) is 0 Å². The summed E-state index contributed by atoms with van der Waals surface area (Å²) >= 11 is 0. The predicted octanol–water partition coefficient (Wildman–Crippen LogP) is 3.70. The van der Waals surface area contributed by atoms with Gasteiger partial charge in [-0.1, -0.05) is 42.0 Å². The number of hydrogen-bond acceptors (Lipinski definition) is 6. The predicted molar refractivity (Wildman–Crippen MR) is 125 cm³/mol. The minimum absolute atomic E-state index is 0.275. The van der Waals surface area contributed by atoms with Crippen LogP contribution in [0, 0.1) is 6.92 Å². The zero-order chi connectivity index (χ0) is 23.8. The lowest BCUT2D eigenvalue weighted by atomic mass is 10.1. The number of hydrazone groups is 1. The number of ether oxygens (including phenoxy) is 2. The van der Waals surface area contributed by atoms with Crippen LogP contribution >= 0.6 is 0 Å². The monoisotopic (exact) mass is 445 g/mol. The largest absolute Gasteiger partial charge is 0.495 e. The molecular formula is C25H23N3O5. The molecule has 0 unspecified atom stereocenters. The molecule has 2 amide bonds. The second-order valence-corrected chi connectivity index (χ2v) is 7.04. The Morgan fingerprint density at radius 2 is 1.45 bits per heavy atom. The lowest BCUT2D eigenvalue weighted by Gasteiger charge is -2.11. The van der Waals surface area contributed by atoms with E-state index in [1.807, 2.05) is 19.1 Å². The van der Waals surface area contributed by atoms with Crippen LogP contribution in [0.2, 0.25) is 0 Å². The molecule has 3 aromatic rings. The molecule has 0 aliphatic rings. The van der Waals surface area contributed by atoms with Gasteiger partial charge >= 0.3 is 17.8 Å². The average molecular weight is 445 g/mol. The van der Waals surface area contributed by atoms with E-state index < -0.39 is 17.8 Å². The topological polar surface area (TPSA) is 106 Å². The van der Waals surface area contributed by atoms with Gasteiger partial charge in [-0.25, -0.2) is 10.2 Å². The number of methoxy groups -OCH3 is 1. The van der Waals surface area contributed by atoms with Gasteiger partial charge in [0.1, 0.15) is 11.5 Å². The molecule has 0 radical (unpaired) electrons. The van der Waals surface area contributed by atoms with Crippen molar-refractivity contribution in [2.75, 3.05) is 12.4 Å². The smallest absolute Gasteiger partial charge is 0.343 e. The minimum Gasteiger partial charge on any atom is -0.495 e. The summed E-state index contributed by atoms with van der Waals surface area (Å²) in [5.41, 5.74) is 4.84. The third kappa shape index (κ3) is 6.04. The van der Waals surface area contributed by atoms with Crippen molar-refractivity contribution in [3.8, 4) is 11.5 Å². The number of carbonyl (C=O) groups is 3. The Labute approximate surface area is 191 Å². The van der Waals surface area contributed by atoms with E-state index in [4.69, 9.17) is 9.47 Å². The number of benzene rings is 3. The Morgan fingerprint density at radius 1 is 0.818 bits per heavy atom. The molecule has 0 atom stereocenters. The first-order valence-corrected chi connectivity index (χ1v) is 10.1. The van der Waals surface area contributed by atoms with E-state index in [1.54, 1.807) is 67.6 Å². The molecule has 0 aromatic heterocycles. The molecular weight excluding hydrogens is 422 g/mol. The Bertz CT molecular complexity index is 1200. The van der Waals surface area contributed by atoms with E-state index in [1.165, 1.54) is 7.11 Å². The van der Waals surface area contributed by atoms with Gasteiger partial charge in [-0.15, -0.1) is 0 Å². The quantitative estimate of drug-likeness (QED) is 0.198. The first kappa shape index (κ1) is 23.2. The highest BCUT2D eigenvalue weighted by Crippen LogP contribution is 2.23. The van der Waals surface area contributed by atoms with Crippen LogP contribution in [-0.4, -0.2) is 30.6 Å². The van der Waals surface area contributed by atoms with Gasteiger partial charge in [0, 0.05) is 5.56 Å². The Balaban J connectivity index is 1.69. The lowest BCUT2D eigenvalue weighted by Crippen LogP contribution is -2.33. The van der Waals surface area contributed by atoms with Gasteiger partial charge in [-0.2, -0.15) is 5.10 Å². The van der Waals surface area contributed by atoms with E-state index in [2.05, 4.69) is 15.8 Å². The van der Waals surface area contributed by atoms with E-state index in [0.717, 1.165) is 5.56 Å². The van der Waals surface area contributed by atoms with Crippen molar-refractivity contribution in [3.63, 3.8) is 0 Å². The Morgan fingerprint density at radius 3 is 2.15 bits per heavy atom. The third-order valence-electron chi connectivity index (χ3n) is 4.65. The molecule has 0 spiro atoms. The molecule has 33 heavy (non-hydrogen) atoms. The second-order valence-electron chi connectivity index (χ2n) is 7.04.